The van der Waals surface area contributed by atoms with E-state index in [0.717, 1.165) is 25.2 Å². The van der Waals surface area contributed by atoms with Crippen molar-refractivity contribution in [2.45, 2.75) is 33.4 Å². The number of para-hydroxylation sites is 1. The normalized spacial score (nSPS) is 13.5. The van der Waals surface area contributed by atoms with Crippen LogP contribution in [0.3, 0.4) is 0 Å². The number of hydrogen-bond acceptors (Lipinski definition) is 4. The van der Waals surface area contributed by atoms with Gasteiger partial charge in [0.2, 0.25) is 0 Å². The molecule has 0 radical (unpaired) electrons. The van der Waals surface area contributed by atoms with E-state index in [9.17, 15) is 9.59 Å². The van der Waals surface area contributed by atoms with Crippen molar-refractivity contribution < 1.29 is 14.0 Å². The molecule has 4 aromatic rings. The zero-order valence-corrected chi connectivity index (χ0v) is 22.8. The molecule has 0 bridgehead atoms. The maximum Gasteiger partial charge on any atom is 0.289 e. The topological polar surface area (TPSA) is 61.9 Å². The highest BCUT2D eigenvalue weighted by Gasteiger charge is 2.25. The largest absolute Gasteiger partial charge is 0.454 e. The Morgan fingerprint density at radius 1 is 0.872 bits per heavy atom. The van der Waals surface area contributed by atoms with Gasteiger partial charge in [-0.2, -0.15) is 0 Å². The van der Waals surface area contributed by atoms with E-state index in [1.165, 1.54) is 11.3 Å². The summed E-state index contributed by atoms with van der Waals surface area (Å²) >= 11 is 0. The third-order valence-electron chi connectivity index (χ3n) is 7.30. The lowest BCUT2D eigenvalue weighted by Gasteiger charge is -2.36. The molecule has 1 aliphatic rings. The first-order chi connectivity index (χ1) is 19.0. The van der Waals surface area contributed by atoms with Gasteiger partial charge in [0.15, 0.2) is 5.76 Å². The number of aromatic nitrogens is 1. The minimum Gasteiger partial charge on any atom is -0.454 e. The Hall–Kier alpha value is -4.26. The molecule has 0 spiro atoms. The Kier molecular flexibility index (Phi) is 8.16. The van der Waals surface area contributed by atoms with Crippen LogP contribution in [0.5, 0.6) is 0 Å². The van der Waals surface area contributed by atoms with Gasteiger partial charge in [-0.1, -0.05) is 43.3 Å². The highest BCUT2D eigenvalue weighted by molar-refractivity contribution is 5.94. The fraction of sp³-hybridized carbons (Fsp3) is 0.312. The van der Waals surface area contributed by atoms with Crippen LogP contribution in [0.25, 0.3) is 0 Å². The second-order valence-electron chi connectivity index (χ2n) is 10.1. The van der Waals surface area contributed by atoms with Gasteiger partial charge < -0.3 is 23.7 Å². The van der Waals surface area contributed by atoms with Gasteiger partial charge in [0.25, 0.3) is 11.8 Å². The van der Waals surface area contributed by atoms with Gasteiger partial charge >= 0.3 is 0 Å². The van der Waals surface area contributed by atoms with Crippen molar-refractivity contribution in [1.29, 1.82) is 0 Å². The Bertz CT molecular complexity index is 1400. The van der Waals surface area contributed by atoms with Crippen molar-refractivity contribution in [3.8, 4) is 0 Å². The SMILES string of the molecule is CCCN(Cc1cccn1Cc1ccc(C(=O)N2CCN(c3ccccc3C)CC2)o1)C(=O)c1ccccc1. The fourth-order valence-corrected chi connectivity index (χ4v) is 5.20. The van der Waals surface area contributed by atoms with Gasteiger partial charge in [-0.25, -0.2) is 0 Å². The van der Waals surface area contributed by atoms with Gasteiger partial charge in [-0.05, 0) is 61.4 Å². The van der Waals surface area contributed by atoms with E-state index in [0.29, 0.717) is 49.8 Å². The summed E-state index contributed by atoms with van der Waals surface area (Å²) in [6, 6.07) is 25.4. The van der Waals surface area contributed by atoms with Crippen LogP contribution in [0.4, 0.5) is 5.69 Å². The fourth-order valence-electron chi connectivity index (χ4n) is 5.20. The molecule has 1 aliphatic heterocycles. The van der Waals surface area contributed by atoms with E-state index in [4.69, 9.17) is 4.42 Å². The molecule has 3 heterocycles. The van der Waals surface area contributed by atoms with Crippen LogP contribution in [0.2, 0.25) is 0 Å². The molecule has 202 valence electrons. The summed E-state index contributed by atoms with van der Waals surface area (Å²) in [5.41, 5.74) is 4.19. The standard InChI is InChI=1S/C32H36N4O3/c1-3-17-36(31(37)26-11-5-4-6-12-26)23-27-13-9-18-35(27)24-28-15-16-30(39-28)32(38)34-21-19-33(20-22-34)29-14-8-7-10-25(29)2/h4-16,18H,3,17,19-24H2,1-2H3. The number of furan rings is 1. The van der Waals surface area contributed by atoms with Crippen molar-refractivity contribution in [3.05, 3.63) is 113 Å². The van der Waals surface area contributed by atoms with E-state index < -0.39 is 0 Å². The maximum absolute atomic E-state index is 13.2. The lowest BCUT2D eigenvalue weighted by molar-refractivity contribution is 0.0710. The van der Waals surface area contributed by atoms with E-state index in [-0.39, 0.29) is 11.8 Å². The molecule has 1 saturated heterocycles. The lowest BCUT2D eigenvalue weighted by Crippen LogP contribution is -2.48. The van der Waals surface area contributed by atoms with Crippen molar-refractivity contribution in [3.63, 3.8) is 0 Å². The number of benzene rings is 2. The predicted molar refractivity (Wildman–Crippen MR) is 153 cm³/mol. The molecule has 7 nitrogen and oxygen atoms in total. The first-order valence-electron chi connectivity index (χ1n) is 13.7. The first kappa shape index (κ1) is 26.4. The average molecular weight is 525 g/mol. The number of carbonyl (C=O) groups is 2. The zero-order chi connectivity index (χ0) is 27.2. The van der Waals surface area contributed by atoms with Crippen LogP contribution in [-0.4, -0.2) is 58.9 Å². The van der Waals surface area contributed by atoms with Crippen LogP contribution < -0.4 is 4.90 Å². The van der Waals surface area contributed by atoms with Crippen LogP contribution in [0.1, 0.15) is 51.3 Å². The van der Waals surface area contributed by atoms with Crippen LogP contribution in [-0.2, 0) is 13.1 Å². The van der Waals surface area contributed by atoms with E-state index in [1.54, 1.807) is 6.07 Å². The molecule has 2 aromatic heterocycles. The smallest absolute Gasteiger partial charge is 0.289 e. The summed E-state index contributed by atoms with van der Waals surface area (Å²) in [6.45, 7) is 8.79. The van der Waals surface area contributed by atoms with Crippen molar-refractivity contribution in [1.82, 2.24) is 14.4 Å². The summed E-state index contributed by atoms with van der Waals surface area (Å²) in [6.07, 6.45) is 2.86. The number of rotatable bonds is 9. The van der Waals surface area contributed by atoms with Crippen molar-refractivity contribution >= 4 is 17.5 Å². The summed E-state index contributed by atoms with van der Waals surface area (Å²) in [4.78, 5) is 32.4. The van der Waals surface area contributed by atoms with Crippen molar-refractivity contribution in [2.24, 2.45) is 0 Å². The Morgan fingerprint density at radius 2 is 1.62 bits per heavy atom. The third kappa shape index (κ3) is 6.08. The number of hydrogen-bond donors (Lipinski definition) is 0. The van der Waals surface area contributed by atoms with E-state index in [1.807, 2.05) is 64.5 Å². The van der Waals surface area contributed by atoms with Gasteiger partial charge in [0.1, 0.15) is 5.76 Å². The third-order valence-corrected chi connectivity index (χ3v) is 7.30. The average Bonchev–Trinajstić information content (AvgIpc) is 3.62. The van der Waals surface area contributed by atoms with Gasteiger partial charge in [0.05, 0.1) is 13.1 Å². The monoisotopic (exact) mass is 524 g/mol. The molecular weight excluding hydrogens is 488 g/mol. The van der Waals surface area contributed by atoms with E-state index >= 15 is 0 Å². The van der Waals surface area contributed by atoms with Gasteiger partial charge in [-0.3, -0.25) is 9.59 Å². The number of amides is 2. The number of aryl methyl sites for hydroxylation is 1. The van der Waals surface area contributed by atoms with Crippen molar-refractivity contribution in [2.75, 3.05) is 37.6 Å². The van der Waals surface area contributed by atoms with Gasteiger partial charge in [0, 0.05) is 55.9 Å². The number of piperazine rings is 1. The Labute approximate surface area is 230 Å². The van der Waals surface area contributed by atoms with Crippen LogP contribution in [0, 0.1) is 6.92 Å². The second kappa shape index (κ2) is 12.1. The quantitative estimate of drug-likeness (QED) is 0.292. The summed E-state index contributed by atoms with van der Waals surface area (Å²) in [5, 5.41) is 0. The van der Waals surface area contributed by atoms with Gasteiger partial charge in [-0.15, -0.1) is 0 Å². The minimum atomic E-state index is -0.0685. The molecule has 2 amide bonds. The number of carbonyl (C=O) groups excluding carboxylic acids is 2. The minimum absolute atomic E-state index is 0.0265. The zero-order valence-electron chi connectivity index (χ0n) is 22.8. The summed E-state index contributed by atoms with van der Waals surface area (Å²) in [5.74, 6) is 1.04. The lowest BCUT2D eigenvalue weighted by atomic mass is 10.1. The Balaban J connectivity index is 1.21. The maximum atomic E-state index is 13.2. The molecule has 1 fully saturated rings. The van der Waals surface area contributed by atoms with E-state index in [2.05, 4.69) is 47.6 Å². The molecule has 5 rings (SSSR count). The molecule has 0 unspecified atom stereocenters. The summed E-state index contributed by atoms with van der Waals surface area (Å²) < 4.78 is 8.10. The molecular formula is C32H36N4O3. The highest BCUT2D eigenvalue weighted by Crippen LogP contribution is 2.22. The first-order valence-corrected chi connectivity index (χ1v) is 13.7. The molecule has 0 saturated carbocycles. The second-order valence-corrected chi connectivity index (χ2v) is 10.1. The molecule has 0 N–H and O–H groups in total. The summed E-state index contributed by atoms with van der Waals surface area (Å²) in [7, 11) is 0. The van der Waals surface area contributed by atoms with Crippen LogP contribution >= 0.6 is 0 Å². The highest BCUT2D eigenvalue weighted by atomic mass is 16.4. The van der Waals surface area contributed by atoms with Crippen LogP contribution in [0.15, 0.2) is 89.5 Å². The Morgan fingerprint density at radius 3 is 2.36 bits per heavy atom. The predicted octanol–water partition coefficient (Wildman–Crippen LogP) is 5.45. The molecule has 0 aliphatic carbocycles. The molecule has 0 atom stereocenters. The number of nitrogens with zero attached hydrogens (tertiary/aromatic N) is 4. The molecule has 7 heteroatoms. The molecule has 2 aromatic carbocycles. The molecule has 39 heavy (non-hydrogen) atoms. The number of anilines is 1.